The topological polar surface area (TPSA) is 107 Å². The number of nitrogens with one attached hydrogen (secondary N) is 3. The van der Waals surface area contributed by atoms with Crippen LogP contribution in [0.2, 0.25) is 10.0 Å². The van der Waals surface area contributed by atoms with E-state index in [0.29, 0.717) is 39.4 Å². The van der Waals surface area contributed by atoms with E-state index >= 15 is 0 Å². The van der Waals surface area contributed by atoms with Gasteiger partial charge in [-0.3, -0.25) is 4.99 Å². The van der Waals surface area contributed by atoms with Crippen LogP contribution in [0.5, 0.6) is 17.2 Å². The molecule has 8 nitrogen and oxygen atoms in total. The molecule has 2 aliphatic heterocycles. The number of anilines is 1. The Morgan fingerprint density at radius 2 is 1.63 bits per heavy atom. The number of ether oxygens (including phenoxy) is 2. The number of aliphatic hydroxyl groups is 1. The van der Waals surface area contributed by atoms with E-state index in [0.717, 1.165) is 68.7 Å². The molecule has 2 heterocycles. The highest BCUT2D eigenvalue weighted by Crippen LogP contribution is 2.61. The summed E-state index contributed by atoms with van der Waals surface area (Å²) in [6.45, 7) is 7.15. The van der Waals surface area contributed by atoms with E-state index in [9.17, 15) is 10.2 Å². The smallest absolute Gasteiger partial charge is 0.196 e. The molecule has 3 aromatic carbocycles. The number of halogens is 2. The van der Waals surface area contributed by atoms with Gasteiger partial charge < -0.3 is 35.6 Å². The lowest BCUT2D eigenvalue weighted by atomic mass is 9.55. The van der Waals surface area contributed by atoms with Crippen molar-refractivity contribution in [1.29, 1.82) is 0 Å². The maximum atomic E-state index is 10.4. The normalized spacial score (nSPS) is 27.7. The fraction of sp³-hybridized carbons (Fsp3) is 0.513. The first-order chi connectivity index (χ1) is 23.6. The number of phenolic OH excluding ortho intramolecular Hbond substituents is 1. The highest BCUT2D eigenvalue weighted by molar-refractivity contribution is 6.39. The zero-order valence-corrected chi connectivity index (χ0v) is 30.5. The number of aromatic hydroxyl groups is 1. The van der Waals surface area contributed by atoms with E-state index in [4.69, 9.17) is 32.7 Å². The summed E-state index contributed by atoms with van der Waals surface area (Å²) in [4.78, 5) is 4.19. The van der Waals surface area contributed by atoms with Gasteiger partial charge >= 0.3 is 0 Å². The van der Waals surface area contributed by atoms with Crippen LogP contribution in [0.4, 0.5) is 5.69 Å². The first-order valence-corrected chi connectivity index (χ1v) is 18.4. The number of phenols is 1. The van der Waals surface area contributed by atoms with Crippen LogP contribution in [-0.4, -0.2) is 56.1 Å². The van der Waals surface area contributed by atoms with Crippen molar-refractivity contribution in [2.24, 2.45) is 22.2 Å². The molecule has 8 rings (SSSR count). The van der Waals surface area contributed by atoms with E-state index in [2.05, 4.69) is 53.0 Å². The van der Waals surface area contributed by atoms with Crippen LogP contribution in [0.1, 0.15) is 80.2 Å². The van der Waals surface area contributed by atoms with Crippen LogP contribution >= 0.6 is 23.2 Å². The Balaban J connectivity index is 0.000000131. The van der Waals surface area contributed by atoms with Gasteiger partial charge in [0.05, 0.1) is 42.6 Å². The van der Waals surface area contributed by atoms with Crippen molar-refractivity contribution in [2.75, 3.05) is 39.2 Å². The van der Waals surface area contributed by atoms with Gasteiger partial charge in [-0.25, -0.2) is 0 Å². The number of nitrogens with zero attached hydrogens (tertiary/aromatic N) is 1. The molecule has 10 heteroatoms. The van der Waals surface area contributed by atoms with E-state index in [1.165, 1.54) is 41.5 Å². The molecule has 49 heavy (non-hydrogen) atoms. The third-order valence-corrected chi connectivity index (χ3v) is 12.1. The second-order valence-electron chi connectivity index (χ2n) is 14.1. The number of fused-ring (bicyclic) bond motifs is 6. The number of aryl methyl sites for hydroxylation is 1. The lowest BCUT2D eigenvalue weighted by Crippen LogP contribution is -2.43. The van der Waals surface area contributed by atoms with E-state index in [1.807, 2.05) is 12.1 Å². The minimum absolute atomic E-state index is 0.0883. The van der Waals surface area contributed by atoms with Gasteiger partial charge in [0.15, 0.2) is 17.5 Å². The Morgan fingerprint density at radius 3 is 2.35 bits per heavy atom. The molecule has 0 bridgehead atoms. The summed E-state index contributed by atoms with van der Waals surface area (Å²) < 4.78 is 10.6. The number of aliphatic hydroxyl groups excluding tert-OH is 1. The zero-order chi connectivity index (χ0) is 34.7. The molecule has 0 spiro atoms. The lowest BCUT2D eigenvalue weighted by molar-refractivity contribution is -0.0226. The number of hydrogen-bond donors (Lipinski definition) is 5. The van der Waals surface area contributed by atoms with E-state index in [1.54, 1.807) is 32.4 Å². The summed E-state index contributed by atoms with van der Waals surface area (Å²) in [6, 6.07) is 15.9. The van der Waals surface area contributed by atoms with E-state index < -0.39 is 0 Å². The number of methoxy groups -OCH3 is 2. The minimum Gasteiger partial charge on any atom is -0.508 e. The molecule has 5 aliphatic rings. The highest BCUT2D eigenvalue weighted by Gasteiger charge is 2.54. The van der Waals surface area contributed by atoms with Gasteiger partial charge in [-0.1, -0.05) is 42.3 Å². The zero-order valence-electron chi connectivity index (χ0n) is 29.0. The molecule has 0 aromatic heterocycles. The van der Waals surface area contributed by atoms with Gasteiger partial charge in [0.1, 0.15) is 5.75 Å². The average Bonchev–Trinajstić information content (AvgIpc) is 3.73. The Hall–Kier alpha value is -3.17. The van der Waals surface area contributed by atoms with Gasteiger partial charge in [0.25, 0.3) is 0 Å². The largest absolute Gasteiger partial charge is 0.508 e. The summed E-state index contributed by atoms with van der Waals surface area (Å²) in [6.07, 6.45) is 7.84. The molecule has 0 saturated heterocycles. The molecule has 1 unspecified atom stereocenters. The fourth-order valence-electron chi connectivity index (χ4n) is 8.85. The second kappa shape index (κ2) is 15.4. The first-order valence-electron chi connectivity index (χ1n) is 17.6. The Morgan fingerprint density at radius 1 is 0.898 bits per heavy atom. The summed E-state index contributed by atoms with van der Waals surface area (Å²) >= 11 is 12.0. The van der Waals surface area contributed by atoms with Gasteiger partial charge in [-0.2, -0.15) is 0 Å². The standard InChI is InChI=1S/C18H24O2.C12H17NO2.C9H9Cl2N3/c1-18-9-8-14-13-5-3-12(19)10-11(13)2-4-15(14)16(18)6-7-17(18)20;1-8-10-7-12(15-3)11(14-2)6-9(10)4-5-13-8;10-6-2-1-3-7(11)8(6)14-9-12-4-5-13-9/h3,5,10,14-17,19-20H,2,4,6-9H2,1H3;6-8,13H,4-5H2,1-3H3;1-3H,4-5H2,(H2,12,13,14)/t14-,15-,16+,17+,18+;;/m1../s1. The van der Waals surface area contributed by atoms with Crippen molar-refractivity contribution >= 4 is 34.8 Å². The Bertz CT molecular complexity index is 1650. The summed E-state index contributed by atoms with van der Waals surface area (Å²) in [5, 5.41) is 30.8. The quantitative estimate of drug-likeness (QED) is 0.188. The van der Waals surface area contributed by atoms with Crippen LogP contribution in [-0.2, 0) is 12.8 Å². The monoisotopic (exact) mass is 708 g/mol. The molecular formula is C39H50Cl2N4O4. The summed E-state index contributed by atoms with van der Waals surface area (Å²) in [5.41, 5.74) is 6.37. The van der Waals surface area contributed by atoms with Crippen molar-refractivity contribution in [3.8, 4) is 17.2 Å². The summed E-state index contributed by atoms with van der Waals surface area (Å²) in [5.74, 6) is 4.85. The van der Waals surface area contributed by atoms with Gasteiger partial charge in [-0.15, -0.1) is 0 Å². The fourth-order valence-corrected chi connectivity index (χ4v) is 9.34. The van der Waals surface area contributed by atoms with E-state index in [-0.39, 0.29) is 11.5 Å². The van der Waals surface area contributed by atoms with Gasteiger partial charge in [0.2, 0.25) is 0 Å². The molecule has 3 aliphatic carbocycles. The molecule has 6 atom stereocenters. The van der Waals surface area contributed by atoms with Crippen LogP contribution in [0.25, 0.3) is 0 Å². The molecule has 5 N–H and O–H groups in total. The molecule has 0 radical (unpaired) electrons. The van der Waals surface area contributed by atoms with Gasteiger partial charge in [-0.05, 0) is 140 Å². The second-order valence-corrected chi connectivity index (χ2v) is 15.0. The number of para-hydroxylation sites is 1. The van der Waals surface area contributed by atoms with Crippen LogP contribution in [0.3, 0.4) is 0 Å². The summed E-state index contributed by atoms with van der Waals surface area (Å²) in [7, 11) is 3.35. The van der Waals surface area contributed by atoms with Gasteiger partial charge in [0, 0.05) is 12.6 Å². The molecule has 2 saturated carbocycles. The Labute approximate surface area is 300 Å². The third-order valence-electron chi connectivity index (χ3n) is 11.5. The van der Waals surface area contributed by atoms with Crippen molar-refractivity contribution < 1.29 is 19.7 Å². The van der Waals surface area contributed by atoms with Crippen LogP contribution in [0, 0.1) is 17.3 Å². The van der Waals surface area contributed by atoms with Crippen LogP contribution in [0.15, 0.2) is 53.5 Å². The number of benzene rings is 3. The number of hydrogen-bond acceptors (Lipinski definition) is 8. The molecule has 264 valence electrons. The average molecular weight is 710 g/mol. The van der Waals surface area contributed by atoms with Crippen LogP contribution < -0.4 is 25.4 Å². The SMILES string of the molecule is COc1cc2c(cc1OC)C(C)NCC2.C[C@]12CC[C@@H]3c4ccc(O)cc4CC[C@H]3[C@@H]1CC[C@@H]2O.Clc1cccc(Cl)c1NC1=NCCN1. The maximum absolute atomic E-state index is 10.4. The predicted molar refractivity (Wildman–Crippen MR) is 199 cm³/mol. The van der Waals surface area contributed by atoms with Crippen molar-refractivity contribution in [2.45, 2.75) is 76.9 Å². The van der Waals surface area contributed by atoms with Crippen molar-refractivity contribution in [3.63, 3.8) is 0 Å². The molecule has 0 amide bonds. The minimum atomic E-state index is -0.0883. The highest BCUT2D eigenvalue weighted by atomic mass is 35.5. The first kappa shape index (κ1) is 35.6. The lowest BCUT2D eigenvalue weighted by Gasteiger charge is -2.50. The van der Waals surface area contributed by atoms with Crippen molar-refractivity contribution in [3.05, 3.63) is 80.8 Å². The molecule has 2 fully saturated rings. The number of rotatable bonds is 3. The third kappa shape index (κ3) is 7.48. The Kier molecular flexibility index (Phi) is 11.2. The maximum Gasteiger partial charge on any atom is 0.196 e. The number of guanidine groups is 1. The molecular weight excluding hydrogens is 659 g/mol. The number of aliphatic imine (C=N–C) groups is 1. The van der Waals surface area contributed by atoms with Crippen molar-refractivity contribution in [1.82, 2.24) is 10.6 Å². The molecule has 3 aromatic rings. The predicted octanol–water partition coefficient (Wildman–Crippen LogP) is 7.88.